The number of anilines is 2. The van der Waals surface area contributed by atoms with E-state index in [4.69, 9.17) is 29.7 Å². The lowest BCUT2D eigenvalue weighted by Crippen LogP contribution is -2.45. The Morgan fingerprint density at radius 1 is 0.905 bits per heavy atom. The summed E-state index contributed by atoms with van der Waals surface area (Å²) in [7, 11) is -17.0. The molecule has 0 spiro atoms. The number of nitrogens with two attached hydrogens (primary N) is 1. The molecule has 5 atom stereocenters. The third-order valence-electron chi connectivity index (χ3n) is 15.4. The van der Waals surface area contributed by atoms with E-state index in [1.807, 2.05) is 0 Å². The number of hydrogen-bond acceptors (Lipinski definition) is 19. The summed E-state index contributed by atoms with van der Waals surface area (Å²) in [6.45, 7) is 2.33. The van der Waals surface area contributed by atoms with Crippen molar-refractivity contribution in [3.8, 4) is 29.2 Å². The highest BCUT2D eigenvalue weighted by Crippen LogP contribution is 2.66. The van der Waals surface area contributed by atoms with E-state index in [0.717, 1.165) is 117 Å². The topological polar surface area (TPSA) is 393 Å². The summed E-state index contributed by atoms with van der Waals surface area (Å²) in [6.07, 6.45) is 4.49. The van der Waals surface area contributed by atoms with Gasteiger partial charge in [0.2, 0.25) is 17.2 Å². The van der Waals surface area contributed by atoms with Crippen molar-refractivity contribution in [1.82, 2.24) is 29.4 Å². The van der Waals surface area contributed by atoms with Gasteiger partial charge in [-0.2, -0.15) is 18.6 Å². The summed E-state index contributed by atoms with van der Waals surface area (Å²) in [5.41, 5.74) is 14.1. The lowest BCUT2D eigenvalue weighted by atomic mass is 9.81. The van der Waals surface area contributed by atoms with Crippen molar-refractivity contribution in [2.45, 2.75) is 82.8 Å². The van der Waals surface area contributed by atoms with E-state index in [-0.39, 0.29) is 63.9 Å². The first kappa shape index (κ1) is 57.0. The molecule has 6 aliphatic heterocycles. The number of nitro benzene ring substituents is 1. The predicted molar refractivity (Wildman–Crippen MR) is 294 cm³/mol. The molecule has 6 aliphatic rings. The van der Waals surface area contributed by atoms with Gasteiger partial charge in [0.1, 0.15) is 43.5 Å². The van der Waals surface area contributed by atoms with E-state index in [1.54, 1.807) is 6.07 Å². The molecule has 9 N–H and O–H groups in total. The smallest absolute Gasteiger partial charge is 0.478 e. The van der Waals surface area contributed by atoms with Crippen LogP contribution in [0.15, 0.2) is 54.9 Å². The van der Waals surface area contributed by atoms with Crippen molar-refractivity contribution in [2.24, 2.45) is 0 Å². The highest BCUT2D eigenvalue weighted by molar-refractivity contribution is 7.66. The number of nitrogens with one attached hydrogen (secondary N) is 1. The van der Waals surface area contributed by atoms with Crippen molar-refractivity contribution in [2.75, 3.05) is 50.0 Å². The van der Waals surface area contributed by atoms with Crippen LogP contribution in [0.25, 0.3) is 16.7 Å². The van der Waals surface area contributed by atoms with Gasteiger partial charge >= 0.3 is 29.4 Å². The van der Waals surface area contributed by atoms with Crippen molar-refractivity contribution < 1.29 is 85.3 Å². The first-order valence-corrected chi connectivity index (χ1v) is 31.2. The highest BCUT2D eigenvalue weighted by Gasteiger charge is 2.44. The van der Waals surface area contributed by atoms with E-state index in [9.17, 15) is 53.4 Å². The minimum Gasteiger partial charge on any atom is -0.478 e. The number of aromatic carboxylic acids is 1. The molecule has 6 aromatic rings. The number of carbonyl (C=O) groups excluding carboxylic acids is 1. The zero-order valence-corrected chi connectivity index (χ0v) is 47.0. The number of aliphatic hydroxyl groups excluding tert-OH is 1. The van der Waals surface area contributed by atoms with Crippen LogP contribution in [0.2, 0.25) is 0 Å². The zero-order chi connectivity index (χ0) is 59.0. The van der Waals surface area contributed by atoms with Gasteiger partial charge in [-0.25, -0.2) is 28.0 Å². The van der Waals surface area contributed by atoms with Gasteiger partial charge in [0.15, 0.2) is 11.2 Å². The molecule has 0 bridgehead atoms. The number of aromatic nitrogens is 4. The lowest BCUT2D eigenvalue weighted by molar-refractivity contribution is -0.385. The number of nitrogen functional groups attached to an aromatic ring is 1. The number of rotatable bonds is 16. The third-order valence-corrected chi connectivity index (χ3v) is 19.2. The molecule has 0 aliphatic carbocycles. The first-order chi connectivity index (χ1) is 40.1. The molecule has 28 nitrogen and oxygen atoms in total. The van der Waals surface area contributed by atoms with Gasteiger partial charge < -0.3 is 59.9 Å². The van der Waals surface area contributed by atoms with Crippen LogP contribution in [-0.4, -0.2) is 118 Å². The molecule has 1 amide bonds. The number of aryl methyl sites for hydroxylation is 2. The second-order valence-corrected chi connectivity index (χ2v) is 25.2. The quantitative estimate of drug-likeness (QED) is 0.0224. The molecule has 4 aromatic carbocycles. The monoisotopic (exact) mass is 1210 g/mol. The van der Waals surface area contributed by atoms with Gasteiger partial charge in [0.25, 0.3) is 11.6 Å². The van der Waals surface area contributed by atoms with Gasteiger partial charge in [0, 0.05) is 82.7 Å². The number of nitro groups is 1. The molecule has 0 saturated carbocycles. The molecule has 0 radical (unpaired) electrons. The van der Waals surface area contributed by atoms with Gasteiger partial charge in [-0.15, -0.1) is 0 Å². The lowest BCUT2D eigenvalue weighted by Gasteiger charge is -2.39. The number of phosphoric ester groups is 1. The van der Waals surface area contributed by atoms with E-state index < -0.39 is 71.9 Å². The second kappa shape index (κ2) is 22.2. The minimum atomic E-state index is -5.80. The molecular formula is C53H53N9O19P3+. The van der Waals surface area contributed by atoms with Crippen molar-refractivity contribution >= 4 is 69.4 Å². The van der Waals surface area contributed by atoms with Crippen LogP contribution in [0.1, 0.15) is 104 Å². The number of fused-ring (bicyclic) bond motifs is 5. The van der Waals surface area contributed by atoms with Gasteiger partial charge in [-0.1, -0.05) is 11.8 Å². The summed E-state index contributed by atoms with van der Waals surface area (Å²) in [6, 6.07) is 13.1. The Balaban J connectivity index is 0.757. The Hall–Kier alpha value is -7.47. The van der Waals surface area contributed by atoms with E-state index in [1.165, 1.54) is 63.4 Å². The van der Waals surface area contributed by atoms with Gasteiger partial charge in [-0.3, -0.25) is 24.0 Å². The van der Waals surface area contributed by atoms with Crippen LogP contribution >= 0.6 is 23.5 Å². The van der Waals surface area contributed by atoms with Crippen LogP contribution in [-0.2, 0) is 63.9 Å². The minimum absolute atomic E-state index is 0.0106. The molecule has 8 heterocycles. The number of carbonyl (C=O) groups is 2. The number of ether oxygens (including phenoxy) is 3. The van der Waals surface area contributed by atoms with Gasteiger partial charge in [0.05, 0.1) is 47.2 Å². The van der Waals surface area contributed by atoms with E-state index in [0.29, 0.717) is 5.56 Å². The Bertz CT molecular complexity index is 4160. The maximum atomic E-state index is 14.1. The van der Waals surface area contributed by atoms with Crippen LogP contribution < -0.4 is 40.6 Å². The largest absolute Gasteiger partial charge is 0.490 e. The Kier molecular flexibility index (Phi) is 15.0. The average molecular weight is 1210 g/mol. The predicted octanol–water partition coefficient (Wildman–Crippen LogP) is 3.80. The van der Waals surface area contributed by atoms with Crippen LogP contribution in [0.4, 0.5) is 17.3 Å². The molecule has 2 aromatic heterocycles. The number of carboxylic acid groups (broad SMARTS) is 1. The van der Waals surface area contributed by atoms with Gasteiger partial charge in [-0.05, 0) is 92.1 Å². The Morgan fingerprint density at radius 3 is 2.44 bits per heavy atom. The number of aliphatic hydroxyl groups is 1. The SMILES string of the molecule is Nc1nc(OCc2ccc(C#CCNC(=O)c3ccc(C(=O)O)c(C4=c5cc6c7c(c5Oc5c4cc4c8c5CCCN8CCC4)CCC[N+]=7CCC6)c3)cc2[N+](=O)[O-])c2ncn([C@H]3C[C@@H](O)[C@@H](COP(=O)(O)OP(=O)(O)OP(=O)(O)O)O3)c2n1. The van der Waals surface area contributed by atoms with E-state index in [2.05, 4.69) is 66.9 Å². The number of carboxylic acids is 1. The standard InChI is InChI=1S/C53H52N9O19P3/c54-53-57-49-44(56-27-61(49)42-24-40(63)41(78-42)26-77-83(72,73)81-84(74,75)80-82(69,70)71)51(58-53)76-25-32-12-11-28(20-39(32)62(67)68)6-1-15-55-50(64)31-13-14-33(52(65)66)36(23-31)43-37-21-29-7-2-16-59-18-4-9-34(45(29)59)47(37)79-48-35-10-5-19-60-17-3-8-30(46(35)60)22-38(43)48/h11-14,20-23,27,40-42,63H,2-5,7-10,15-19,24-26H2,(H7-,54,55,57,58,64,65,66,69,70,71,72,73,74,75)/p+1/t40-,41-,42-/m1/s1. The average Bonchev–Trinajstić information content (AvgIpc) is 2.46. The third kappa shape index (κ3) is 11.2. The number of phosphoric acid groups is 3. The number of imidazole rings is 1. The summed E-state index contributed by atoms with van der Waals surface area (Å²) in [4.78, 5) is 90.9. The van der Waals surface area contributed by atoms with Crippen molar-refractivity contribution in [3.05, 3.63) is 131 Å². The van der Waals surface area contributed by atoms with E-state index >= 15 is 0 Å². The summed E-state index contributed by atoms with van der Waals surface area (Å²) in [5.74, 6) is 5.03. The molecule has 31 heteroatoms. The molecule has 2 unspecified atom stereocenters. The normalized spacial score (nSPS) is 20.0. The maximum Gasteiger partial charge on any atom is 0.490 e. The fourth-order valence-corrected chi connectivity index (χ4v) is 15.1. The Labute approximate surface area is 475 Å². The van der Waals surface area contributed by atoms with Crippen molar-refractivity contribution in [1.29, 1.82) is 0 Å². The highest BCUT2D eigenvalue weighted by atomic mass is 31.3. The number of benzene rings is 4. The number of hydrogen-bond donors (Lipinski definition) is 8. The molecule has 12 rings (SSSR count). The fourth-order valence-electron chi connectivity index (χ4n) is 12.1. The molecule has 438 valence electrons. The summed E-state index contributed by atoms with van der Waals surface area (Å²) < 4.78 is 69.5. The van der Waals surface area contributed by atoms with Crippen LogP contribution in [0.5, 0.6) is 17.4 Å². The Morgan fingerprint density at radius 2 is 1.67 bits per heavy atom. The first-order valence-electron chi connectivity index (χ1n) is 26.7. The summed E-state index contributed by atoms with van der Waals surface area (Å²) >= 11 is 0. The second-order valence-electron chi connectivity index (χ2n) is 20.8. The maximum absolute atomic E-state index is 14.1. The fraction of sp³-hybridized carbons (Fsp3) is 0.358. The van der Waals surface area contributed by atoms with Crippen LogP contribution in [0.3, 0.4) is 0 Å². The van der Waals surface area contributed by atoms with Crippen molar-refractivity contribution in [3.63, 3.8) is 0 Å². The van der Waals surface area contributed by atoms with Crippen LogP contribution in [0, 0.1) is 22.0 Å². The summed E-state index contributed by atoms with van der Waals surface area (Å²) in [5, 5.41) is 38.7. The molecule has 84 heavy (non-hydrogen) atoms. The molecular weight excluding hydrogens is 1160 g/mol. The number of amides is 1. The molecule has 1 saturated heterocycles. The zero-order valence-electron chi connectivity index (χ0n) is 44.3. The number of nitrogens with zero attached hydrogens (tertiary/aromatic N) is 7. The molecule has 1 fully saturated rings.